The molecule has 0 atom stereocenters. The van der Waals surface area contributed by atoms with Crippen LogP contribution in [0.3, 0.4) is 0 Å². The molecule has 2 nitrogen and oxygen atoms in total. The van der Waals surface area contributed by atoms with Gasteiger partial charge in [-0.05, 0) is 11.8 Å². The normalized spacial score (nSPS) is 16.0. The summed E-state index contributed by atoms with van der Waals surface area (Å²) in [5.74, 6) is 0. The van der Waals surface area contributed by atoms with E-state index in [1.807, 2.05) is 12.3 Å². The van der Waals surface area contributed by atoms with Gasteiger partial charge in [-0.3, -0.25) is 0 Å². The standard InChI is InChI=1S/C14H18N2/c1-3-15-9-11-16(12-10-15)13(2)14-7-5-4-6-8-14/h3-8H,1-2,9-12H2. The first-order valence-corrected chi connectivity index (χ1v) is 5.67. The van der Waals surface area contributed by atoms with Gasteiger partial charge in [-0.25, -0.2) is 0 Å². The Morgan fingerprint density at radius 1 is 1.06 bits per heavy atom. The summed E-state index contributed by atoms with van der Waals surface area (Å²) in [7, 11) is 0. The van der Waals surface area contributed by atoms with E-state index >= 15 is 0 Å². The van der Waals surface area contributed by atoms with Crippen LogP contribution in [0, 0.1) is 0 Å². The van der Waals surface area contributed by atoms with Crippen molar-refractivity contribution < 1.29 is 0 Å². The molecule has 0 saturated carbocycles. The lowest BCUT2D eigenvalue weighted by Crippen LogP contribution is -2.42. The predicted octanol–water partition coefficient (Wildman–Crippen LogP) is 2.42. The smallest absolute Gasteiger partial charge is 0.0368 e. The third kappa shape index (κ3) is 2.27. The van der Waals surface area contributed by atoms with E-state index in [2.05, 4.69) is 47.2 Å². The van der Waals surface area contributed by atoms with Gasteiger partial charge < -0.3 is 9.80 Å². The maximum Gasteiger partial charge on any atom is 0.0368 e. The Labute approximate surface area is 97.5 Å². The summed E-state index contributed by atoms with van der Waals surface area (Å²) in [6.45, 7) is 12.1. The van der Waals surface area contributed by atoms with Crippen molar-refractivity contribution in [2.45, 2.75) is 0 Å². The van der Waals surface area contributed by atoms with Crippen LogP contribution >= 0.6 is 0 Å². The van der Waals surface area contributed by atoms with Crippen LogP contribution in [-0.4, -0.2) is 36.0 Å². The SMILES string of the molecule is C=CN1CCN(C(=C)c2ccccc2)CC1. The first-order valence-electron chi connectivity index (χ1n) is 5.67. The number of benzene rings is 1. The molecule has 0 N–H and O–H groups in total. The number of rotatable bonds is 3. The monoisotopic (exact) mass is 214 g/mol. The second-order valence-electron chi connectivity index (χ2n) is 4.02. The van der Waals surface area contributed by atoms with Crippen LogP contribution in [0.2, 0.25) is 0 Å². The van der Waals surface area contributed by atoms with Crippen molar-refractivity contribution in [1.29, 1.82) is 0 Å². The Balaban J connectivity index is 1.99. The first-order chi connectivity index (χ1) is 7.81. The van der Waals surface area contributed by atoms with Crippen molar-refractivity contribution in [3.63, 3.8) is 0 Å². The molecule has 0 aromatic heterocycles. The van der Waals surface area contributed by atoms with Crippen molar-refractivity contribution in [1.82, 2.24) is 9.80 Å². The molecule has 1 aliphatic heterocycles. The van der Waals surface area contributed by atoms with Crippen molar-refractivity contribution >= 4 is 5.70 Å². The molecule has 0 amide bonds. The number of hydrogen-bond acceptors (Lipinski definition) is 2. The lowest BCUT2D eigenvalue weighted by atomic mass is 10.1. The molecule has 0 unspecified atom stereocenters. The Kier molecular flexibility index (Phi) is 3.30. The lowest BCUT2D eigenvalue weighted by Gasteiger charge is -2.36. The van der Waals surface area contributed by atoms with E-state index < -0.39 is 0 Å². The summed E-state index contributed by atoms with van der Waals surface area (Å²) in [6, 6.07) is 10.4. The molecule has 1 saturated heterocycles. The maximum atomic E-state index is 4.18. The predicted molar refractivity (Wildman–Crippen MR) is 68.8 cm³/mol. The van der Waals surface area contributed by atoms with Gasteiger partial charge in [-0.1, -0.05) is 43.5 Å². The largest absolute Gasteiger partial charge is 0.374 e. The molecule has 1 aliphatic rings. The van der Waals surface area contributed by atoms with Crippen LogP contribution in [0.5, 0.6) is 0 Å². The van der Waals surface area contributed by atoms with Gasteiger partial charge in [-0.15, -0.1) is 0 Å². The molecule has 1 heterocycles. The zero-order valence-electron chi connectivity index (χ0n) is 9.60. The molecule has 2 rings (SSSR count). The lowest BCUT2D eigenvalue weighted by molar-refractivity contribution is 0.229. The minimum Gasteiger partial charge on any atom is -0.374 e. The van der Waals surface area contributed by atoms with Gasteiger partial charge in [0.25, 0.3) is 0 Å². The highest BCUT2D eigenvalue weighted by molar-refractivity contribution is 5.61. The van der Waals surface area contributed by atoms with Crippen molar-refractivity contribution in [3.8, 4) is 0 Å². The summed E-state index contributed by atoms with van der Waals surface area (Å²) >= 11 is 0. The van der Waals surface area contributed by atoms with E-state index in [1.165, 1.54) is 5.56 Å². The molecular weight excluding hydrogens is 196 g/mol. The van der Waals surface area contributed by atoms with Gasteiger partial charge in [0.2, 0.25) is 0 Å². The van der Waals surface area contributed by atoms with E-state index in [1.54, 1.807) is 0 Å². The summed E-state index contributed by atoms with van der Waals surface area (Å²) in [4.78, 5) is 4.59. The highest BCUT2D eigenvalue weighted by Crippen LogP contribution is 2.18. The van der Waals surface area contributed by atoms with Crippen LogP contribution in [0.1, 0.15) is 5.56 Å². The molecule has 0 aliphatic carbocycles. The minimum atomic E-state index is 1.03. The van der Waals surface area contributed by atoms with E-state index in [0.717, 1.165) is 31.9 Å². The van der Waals surface area contributed by atoms with Gasteiger partial charge in [0.15, 0.2) is 0 Å². The zero-order chi connectivity index (χ0) is 11.4. The highest BCUT2D eigenvalue weighted by atomic mass is 15.3. The van der Waals surface area contributed by atoms with Gasteiger partial charge in [0, 0.05) is 31.9 Å². The number of nitrogens with zero attached hydrogens (tertiary/aromatic N) is 2. The summed E-state index contributed by atoms with van der Waals surface area (Å²) in [5, 5.41) is 0. The minimum absolute atomic E-state index is 1.03. The zero-order valence-corrected chi connectivity index (χ0v) is 9.60. The van der Waals surface area contributed by atoms with Gasteiger partial charge in [0.05, 0.1) is 0 Å². The molecule has 1 fully saturated rings. The quantitative estimate of drug-likeness (QED) is 0.762. The molecule has 1 aromatic carbocycles. The fourth-order valence-corrected chi connectivity index (χ4v) is 1.99. The fraction of sp³-hybridized carbons (Fsp3) is 0.286. The average Bonchev–Trinajstić information content (AvgIpc) is 2.39. The Hall–Kier alpha value is -1.70. The van der Waals surface area contributed by atoms with E-state index in [9.17, 15) is 0 Å². The second kappa shape index (κ2) is 4.88. The Bertz CT molecular complexity index is 362. The Morgan fingerprint density at radius 3 is 2.25 bits per heavy atom. The van der Waals surface area contributed by atoms with Crippen molar-refractivity contribution in [3.05, 3.63) is 55.3 Å². The molecule has 2 heteroatoms. The van der Waals surface area contributed by atoms with Gasteiger partial charge in [-0.2, -0.15) is 0 Å². The van der Waals surface area contributed by atoms with Crippen LogP contribution < -0.4 is 0 Å². The van der Waals surface area contributed by atoms with Crippen LogP contribution in [0.4, 0.5) is 0 Å². The third-order valence-electron chi connectivity index (χ3n) is 3.06. The molecular formula is C14H18N2. The molecule has 0 radical (unpaired) electrons. The van der Waals surface area contributed by atoms with E-state index in [-0.39, 0.29) is 0 Å². The fourth-order valence-electron chi connectivity index (χ4n) is 1.99. The topological polar surface area (TPSA) is 6.48 Å². The summed E-state index contributed by atoms with van der Waals surface area (Å²) < 4.78 is 0. The van der Waals surface area contributed by atoms with E-state index in [4.69, 9.17) is 0 Å². The summed E-state index contributed by atoms with van der Waals surface area (Å²) in [6.07, 6.45) is 1.92. The number of piperazine rings is 1. The van der Waals surface area contributed by atoms with Crippen molar-refractivity contribution in [2.75, 3.05) is 26.2 Å². The van der Waals surface area contributed by atoms with Crippen LogP contribution in [0.15, 0.2) is 49.7 Å². The molecule has 84 valence electrons. The van der Waals surface area contributed by atoms with Crippen LogP contribution in [-0.2, 0) is 0 Å². The highest BCUT2D eigenvalue weighted by Gasteiger charge is 2.15. The summed E-state index contributed by atoms with van der Waals surface area (Å²) in [5.41, 5.74) is 2.35. The molecule has 1 aromatic rings. The molecule has 16 heavy (non-hydrogen) atoms. The van der Waals surface area contributed by atoms with Gasteiger partial charge >= 0.3 is 0 Å². The van der Waals surface area contributed by atoms with Crippen molar-refractivity contribution in [2.24, 2.45) is 0 Å². The van der Waals surface area contributed by atoms with Crippen LogP contribution in [0.25, 0.3) is 5.70 Å². The molecule has 0 bridgehead atoms. The average molecular weight is 214 g/mol. The van der Waals surface area contributed by atoms with Gasteiger partial charge in [0.1, 0.15) is 0 Å². The number of hydrogen-bond donors (Lipinski definition) is 0. The first kappa shape index (κ1) is 10.8. The van der Waals surface area contributed by atoms with E-state index in [0.29, 0.717) is 0 Å². The maximum absolute atomic E-state index is 4.18. The molecule has 0 spiro atoms. The third-order valence-corrected chi connectivity index (χ3v) is 3.06. The Morgan fingerprint density at radius 2 is 1.69 bits per heavy atom. The second-order valence-corrected chi connectivity index (χ2v) is 4.02.